The number of carbonyl (C=O) groups excluding carboxylic acids is 1. The number of rotatable bonds is 2. The first-order chi connectivity index (χ1) is 15.3. The van der Waals surface area contributed by atoms with E-state index in [0.29, 0.717) is 24.8 Å². The van der Waals surface area contributed by atoms with Gasteiger partial charge in [-0.2, -0.15) is 5.26 Å². The number of nitriles is 1. The van der Waals surface area contributed by atoms with E-state index in [9.17, 15) is 10.1 Å². The van der Waals surface area contributed by atoms with Crippen LogP contribution in [0.4, 0.5) is 10.5 Å². The average Bonchev–Trinajstić information content (AvgIpc) is 3.42. The highest BCUT2D eigenvalue weighted by Crippen LogP contribution is 2.45. The zero-order valence-corrected chi connectivity index (χ0v) is 19.6. The van der Waals surface area contributed by atoms with Crippen LogP contribution < -0.4 is 10.3 Å². The summed E-state index contributed by atoms with van der Waals surface area (Å²) in [7, 11) is -0.168. The third-order valence-corrected chi connectivity index (χ3v) is 8.24. The Morgan fingerprint density at radius 3 is 2.94 bits per heavy atom. The van der Waals surface area contributed by atoms with Crippen LogP contribution >= 0.6 is 22.1 Å². The number of fused-ring (bicyclic) bond motifs is 4. The van der Waals surface area contributed by atoms with Crippen molar-refractivity contribution in [3.8, 4) is 6.07 Å². The van der Waals surface area contributed by atoms with Crippen molar-refractivity contribution in [1.82, 2.24) is 15.3 Å². The molecule has 1 N–H and O–H groups in total. The minimum atomic E-state index is -1.22. The van der Waals surface area contributed by atoms with Gasteiger partial charge in [0.15, 0.2) is 5.60 Å². The van der Waals surface area contributed by atoms with E-state index in [1.54, 1.807) is 13.8 Å². The van der Waals surface area contributed by atoms with Gasteiger partial charge in [-0.1, -0.05) is 23.7 Å². The van der Waals surface area contributed by atoms with Crippen molar-refractivity contribution in [2.45, 2.75) is 25.6 Å². The number of carbonyl (C=O) groups is 1. The summed E-state index contributed by atoms with van der Waals surface area (Å²) in [5, 5.41) is 11.4. The Balaban J connectivity index is 1.58. The minimum absolute atomic E-state index is 0.168. The number of ether oxygens (including phenoxy) is 1. The van der Waals surface area contributed by atoms with Crippen LogP contribution in [0.5, 0.6) is 0 Å². The minimum Gasteiger partial charge on any atom is -0.427 e. The fourth-order valence-corrected chi connectivity index (χ4v) is 6.60. The molecule has 10 heteroatoms. The van der Waals surface area contributed by atoms with E-state index in [4.69, 9.17) is 16.3 Å². The number of halogens is 1. The van der Waals surface area contributed by atoms with Gasteiger partial charge in [0, 0.05) is 22.9 Å². The van der Waals surface area contributed by atoms with Crippen LogP contribution in [0.1, 0.15) is 13.8 Å². The van der Waals surface area contributed by atoms with Crippen molar-refractivity contribution in [3.63, 3.8) is 0 Å². The predicted octanol–water partition coefficient (Wildman–Crippen LogP) is 3.27. The van der Waals surface area contributed by atoms with Gasteiger partial charge in [0.25, 0.3) is 0 Å². The second kappa shape index (κ2) is 7.74. The summed E-state index contributed by atoms with van der Waals surface area (Å²) in [6.07, 6.45) is 5.39. The summed E-state index contributed by atoms with van der Waals surface area (Å²) in [4.78, 5) is 24.3. The summed E-state index contributed by atoms with van der Waals surface area (Å²) >= 11 is 6.56. The highest BCUT2D eigenvalue weighted by molar-refractivity contribution is 8.20. The van der Waals surface area contributed by atoms with Gasteiger partial charge in [-0.15, -0.1) is 10.5 Å². The van der Waals surface area contributed by atoms with E-state index in [-0.39, 0.29) is 16.6 Å². The molecule has 1 aromatic rings. The molecule has 5 rings (SSSR count). The molecular weight excluding hydrogens is 448 g/mol. The maximum atomic E-state index is 13.0. The zero-order valence-electron chi connectivity index (χ0n) is 18.0. The van der Waals surface area contributed by atoms with Gasteiger partial charge in [0.2, 0.25) is 0 Å². The summed E-state index contributed by atoms with van der Waals surface area (Å²) < 4.78 is 5.47. The van der Waals surface area contributed by atoms with Crippen molar-refractivity contribution >= 4 is 45.1 Å². The molecule has 166 valence electrons. The molecule has 0 aliphatic carbocycles. The highest BCUT2D eigenvalue weighted by atomic mass is 35.5. The molecular formula is C22H23ClN6O2S. The lowest BCUT2D eigenvalue weighted by atomic mass is 10.1. The lowest BCUT2D eigenvalue weighted by Crippen LogP contribution is -2.52. The molecule has 4 aliphatic rings. The third kappa shape index (κ3) is 3.35. The molecule has 0 spiro atoms. The third-order valence-electron chi connectivity index (χ3n) is 5.88. The number of nitrogens with zero attached hydrogens (tertiary/aromatic N) is 5. The number of allylic oxidation sites excluding steroid dienone is 1. The molecule has 1 aromatic carbocycles. The number of hydrogen-bond donors (Lipinski definition) is 1. The first kappa shape index (κ1) is 21.2. The SMILES string of the molecule is CS1=C2C(=CN(c3ccccc3Cl)CC3N2CNN3C(=O)OC(C)(C)C#N)C2=C1C=NC2. The van der Waals surface area contributed by atoms with Gasteiger partial charge in [0.05, 0.1) is 35.5 Å². The Hall–Kier alpha value is -2.64. The van der Waals surface area contributed by atoms with Gasteiger partial charge < -0.3 is 9.64 Å². The van der Waals surface area contributed by atoms with Crippen LogP contribution in [0.15, 0.2) is 51.5 Å². The van der Waals surface area contributed by atoms with Crippen LogP contribution in [0.2, 0.25) is 5.02 Å². The number of anilines is 1. The van der Waals surface area contributed by atoms with Crippen molar-refractivity contribution in [3.05, 3.63) is 51.5 Å². The second-order valence-corrected chi connectivity index (χ2v) is 10.7. The van der Waals surface area contributed by atoms with Crippen LogP contribution in [0.3, 0.4) is 0 Å². The lowest BCUT2D eigenvalue weighted by Gasteiger charge is -2.32. The van der Waals surface area contributed by atoms with E-state index in [1.807, 2.05) is 36.5 Å². The van der Waals surface area contributed by atoms with E-state index in [0.717, 1.165) is 11.3 Å². The van der Waals surface area contributed by atoms with E-state index >= 15 is 0 Å². The molecule has 1 fully saturated rings. The maximum Gasteiger partial charge on any atom is 0.427 e. The molecule has 1 saturated heterocycles. The number of nitrogens with one attached hydrogen (secondary N) is 1. The Labute approximate surface area is 194 Å². The van der Waals surface area contributed by atoms with Crippen LogP contribution in [-0.4, -0.2) is 65.0 Å². The second-order valence-electron chi connectivity index (χ2n) is 8.40. The Bertz CT molecular complexity index is 1180. The van der Waals surface area contributed by atoms with Gasteiger partial charge in [-0.25, -0.2) is 20.1 Å². The molecule has 1 amide bonds. The van der Waals surface area contributed by atoms with Crippen molar-refractivity contribution in [2.24, 2.45) is 4.99 Å². The monoisotopic (exact) mass is 470 g/mol. The topological polar surface area (TPSA) is 84.2 Å². The van der Waals surface area contributed by atoms with E-state index in [1.165, 1.54) is 20.5 Å². The van der Waals surface area contributed by atoms with Gasteiger partial charge in [0.1, 0.15) is 12.2 Å². The van der Waals surface area contributed by atoms with E-state index < -0.39 is 11.7 Å². The molecule has 0 aromatic heterocycles. The average molecular weight is 471 g/mol. The fourth-order valence-electron chi connectivity index (χ4n) is 4.32. The Kier molecular flexibility index (Phi) is 5.13. The number of benzene rings is 1. The molecule has 2 atom stereocenters. The summed E-state index contributed by atoms with van der Waals surface area (Å²) in [6.45, 7) is 4.75. The summed E-state index contributed by atoms with van der Waals surface area (Å²) in [5.74, 6) is 0. The Morgan fingerprint density at radius 2 is 2.19 bits per heavy atom. The van der Waals surface area contributed by atoms with Gasteiger partial charge >= 0.3 is 6.09 Å². The smallest absolute Gasteiger partial charge is 0.427 e. The number of aliphatic imine (C=N–C) groups is 1. The van der Waals surface area contributed by atoms with Gasteiger partial charge in [-0.3, -0.25) is 4.99 Å². The zero-order chi connectivity index (χ0) is 22.6. The van der Waals surface area contributed by atoms with Crippen molar-refractivity contribution < 1.29 is 9.53 Å². The summed E-state index contributed by atoms with van der Waals surface area (Å²) in [6, 6.07) is 9.70. The van der Waals surface area contributed by atoms with Crippen LogP contribution in [0.25, 0.3) is 0 Å². The first-order valence-electron chi connectivity index (χ1n) is 10.2. The summed E-state index contributed by atoms with van der Waals surface area (Å²) in [5.41, 5.74) is 5.19. The normalized spacial score (nSPS) is 24.7. The van der Waals surface area contributed by atoms with Crippen molar-refractivity contribution in [1.29, 1.82) is 5.26 Å². The molecule has 0 saturated carbocycles. The maximum absolute atomic E-state index is 13.0. The van der Waals surface area contributed by atoms with Crippen LogP contribution in [0, 0.1) is 11.3 Å². The molecule has 2 unspecified atom stereocenters. The van der Waals surface area contributed by atoms with Crippen LogP contribution in [-0.2, 0) is 4.74 Å². The molecule has 32 heavy (non-hydrogen) atoms. The first-order valence-corrected chi connectivity index (χ1v) is 12.2. The Morgan fingerprint density at radius 1 is 1.41 bits per heavy atom. The molecule has 0 bridgehead atoms. The largest absolute Gasteiger partial charge is 0.427 e. The fraction of sp³-hybridized carbons (Fsp3) is 0.364. The number of para-hydroxylation sites is 1. The van der Waals surface area contributed by atoms with E-state index in [2.05, 4.69) is 32.7 Å². The van der Waals surface area contributed by atoms with Gasteiger partial charge in [-0.05, 0) is 37.8 Å². The number of hydrazine groups is 1. The quantitative estimate of drug-likeness (QED) is 0.668. The molecule has 0 radical (unpaired) electrons. The molecule has 4 heterocycles. The number of hydrogen-bond acceptors (Lipinski definition) is 7. The lowest BCUT2D eigenvalue weighted by molar-refractivity contribution is 0.0267. The molecule has 8 nitrogen and oxygen atoms in total. The predicted molar refractivity (Wildman–Crippen MR) is 127 cm³/mol. The van der Waals surface area contributed by atoms with Crippen molar-refractivity contribution in [2.75, 3.05) is 30.9 Å². The number of amides is 1. The highest BCUT2D eigenvalue weighted by Gasteiger charge is 2.46. The standard InChI is InChI=1S/C22H23ClN6O2S/c1-22(2,12-24)31-21(30)29-19-11-27(17-7-5-4-6-16(17)23)10-15-14-8-25-9-18(14)32(3)20(15)28(19)13-26-29/h4-7,9-10,19,26H,8,11,13H2,1-3H3. The molecule has 4 aliphatic heterocycles.